The molecule has 0 radical (unpaired) electrons. The van der Waals surface area contributed by atoms with Gasteiger partial charge >= 0.3 is 0 Å². The van der Waals surface area contributed by atoms with Gasteiger partial charge in [0.25, 0.3) is 0 Å². The van der Waals surface area contributed by atoms with Crippen LogP contribution in [0.25, 0.3) is 10.8 Å². The van der Waals surface area contributed by atoms with Crippen LogP contribution >= 0.6 is 11.3 Å². The highest BCUT2D eigenvalue weighted by atomic mass is 32.1. The van der Waals surface area contributed by atoms with Crippen LogP contribution in [0.2, 0.25) is 0 Å². The zero-order valence-electron chi connectivity index (χ0n) is 5.89. The maximum absolute atomic E-state index is 10.3. The molecule has 0 aliphatic rings. The van der Waals surface area contributed by atoms with E-state index in [2.05, 4.69) is 20.2 Å². The third kappa shape index (κ3) is 1.12. The molecule has 0 spiro atoms. The van der Waals surface area contributed by atoms with E-state index in [1.807, 2.05) is 0 Å². The Bertz CT molecular complexity index is 380. The van der Waals surface area contributed by atoms with Gasteiger partial charge in [0, 0.05) is 6.20 Å². The van der Waals surface area contributed by atoms with Gasteiger partial charge in [0.1, 0.15) is 6.33 Å². The molecule has 6 heteroatoms. The molecule has 0 amide bonds. The Morgan fingerprint density at radius 1 is 1.58 bits per heavy atom. The topological polar surface area (TPSA) is 71.5 Å². The summed E-state index contributed by atoms with van der Waals surface area (Å²) in [4.78, 5) is 17.7. The molecule has 1 N–H and O–H groups in total. The predicted molar refractivity (Wildman–Crippen MR) is 42.9 cm³/mol. The summed E-state index contributed by atoms with van der Waals surface area (Å²) in [5.74, 6) is 0.591. The molecular formula is C6H4N4OS. The van der Waals surface area contributed by atoms with Crippen LogP contribution in [0, 0.1) is 0 Å². The van der Waals surface area contributed by atoms with Gasteiger partial charge in [-0.15, -0.1) is 21.5 Å². The third-order valence-electron chi connectivity index (χ3n) is 1.26. The number of hydrogen-bond acceptors (Lipinski definition) is 5. The van der Waals surface area contributed by atoms with Gasteiger partial charge in [0.2, 0.25) is 0 Å². The SMILES string of the molecule is O=Cc1cnc(-c2nnc[nH]2)s1. The first-order chi connectivity index (χ1) is 5.90. The van der Waals surface area contributed by atoms with E-state index in [4.69, 9.17) is 0 Å². The molecule has 0 aliphatic heterocycles. The molecule has 0 aromatic carbocycles. The fraction of sp³-hybridized carbons (Fsp3) is 0. The van der Waals surface area contributed by atoms with Gasteiger partial charge < -0.3 is 4.98 Å². The zero-order valence-corrected chi connectivity index (χ0v) is 6.71. The number of carbonyl (C=O) groups excluding carboxylic acids is 1. The van der Waals surface area contributed by atoms with Crippen molar-refractivity contribution in [2.75, 3.05) is 0 Å². The van der Waals surface area contributed by atoms with Crippen LogP contribution < -0.4 is 0 Å². The second-order valence-corrected chi connectivity index (χ2v) is 3.09. The summed E-state index contributed by atoms with van der Waals surface area (Å²) in [5.41, 5.74) is 0. The van der Waals surface area contributed by atoms with Gasteiger partial charge in [-0.2, -0.15) is 0 Å². The third-order valence-corrected chi connectivity index (χ3v) is 2.19. The molecule has 0 bridgehead atoms. The van der Waals surface area contributed by atoms with Crippen LogP contribution in [0.1, 0.15) is 9.67 Å². The lowest BCUT2D eigenvalue weighted by Crippen LogP contribution is -1.76. The minimum absolute atomic E-state index is 0.585. The van der Waals surface area contributed by atoms with Crippen molar-refractivity contribution in [3.63, 3.8) is 0 Å². The first kappa shape index (κ1) is 7.11. The molecule has 2 aromatic heterocycles. The van der Waals surface area contributed by atoms with Crippen molar-refractivity contribution in [1.82, 2.24) is 20.2 Å². The van der Waals surface area contributed by atoms with E-state index < -0.39 is 0 Å². The molecule has 2 heterocycles. The summed E-state index contributed by atoms with van der Waals surface area (Å²) in [5, 5.41) is 8.04. The molecule has 0 atom stereocenters. The Morgan fingerprint density at radius 2 is 2.50 bits per heavy atom. The first-order valence-corrected chi connectivity index (χ1v) is 3.99. The van der Waals surface area contributed by atoms with Crippen molar-refractivity contribution in [3.05, 3.63) is 17.4 Å². The Kier molecular flexibility index (Phi) is 1.67. The molecule has 60 valence electrons. The molecule has 0 aliphatic carbocycles. The minimum Gasteiger partial charge on any atom is -0.326 e. The van der Waals surface area contributed by atoms with E-state index in [0.29, 0.717) is 15.7 Å². The second-order valence-electron chi connectivity index (χ2n) is 2.02. The number of aromatic amines is 1. The van der Waals surface area contributed by atoms with Crippen molar-refractivity contribution in [1.29, 1.82) is 0 Å². The average molecular weight is 180 g/mol. The highest BCUT2D eigenvalue weighted by Gasteiger charge is 2.05. The van der Waals surface area contributed by atoms with E-state index in [1.165, 1.54) is 23.9 Å². The van der Waals surface area contributed by atoms with Crippen LogP contribution in [-0.4, -0.2) is 26.5 Å². The monoisotopic (exact) mass is 180 g/mol. The molecule has 2 aromatic rings. The van der Waals surface area contributed by atoms with Crippen LogP contribution in [0.3, 0.4) is 0 Å². The molecule has 0 fully saturated rings. The summed E-state index contributed by atoms with van der Waals surface area (Å²) in [6.07, 6.45) is 3.74. The van der Waals surface area contributed by atoms with E-state index >= 15 is 0 Å². The number of aromatic nitrogens is 4. The van der Waals surface area contributed by atoms with Crippen molar-refractivity contribution in [2.24, 2.45) is 0 Å². The lowest BCUT2D eigenvalue weighted by atomic mass is 10.6. The standard InChI is InChI=1S/C6H4N4OS/c11-2-4-1-7-6(12-4)5-8-3-9-10-5/h1-3H,(H,8,9,10). The average Bonchev–Trinajstić information content (AvgIpc) is 2.75. The molecule has 2 rings (SSSR count). The van der Waals surface area contributed by atoms with Gasteiger partial charge in [0.05, 0.1) is 4.88 Å². The normalized spacial score (nSPS) is 10.0. The molecule has 0 saturated carbocycles. The number of aldehydes is 1. The van der Waals surface area contributed by atoms with E-state index in [9.17, 15) is 4.79 Å². The van der Waals surface area contributed by atoms with E-state index in [-0.39, 0.29) is 0 Å². The Balaban J connectivity index is 2.41. The molecule has 0 saturated heterocycles. The fourth-order valence-electron chi connectivity index (χ4n) is 0.761. The summed E-state index contributed by atoms with van der Waals surface area (Å²) in [7, 11) is 0. The number of rotatable bonds is 2. The van der Waals surface area contributed by atoms with Gasteiger partial charge in [0.15, 0.2) is 17.1 Å². The number of nitrogens with zero attached hydrogens (tertiary/aromatic N) is 3. The smallest absolute Gasteiger partial charge is 0.190 e. The quantitative estimate of drug-likeness (QED) is 0.692. The van der Waals surface area contributed by atoms with Crippen molar-refractivity contribution in [2.45, 2.75) is 0 Å². The number of H-pyrrole nitrogens is 1. The summed E-state index contributed by atoms with van der Waals surface area (Å²) < 4.78 is 0. The zero-order chi connectivity index (χ0) is 8.39. The lowest BCUT2D eigenvalue weighted by molar-refractivity contribution is 0.112. The van der Waals surface area contributed by atoms with Crippen molar-refractivity contribution < 1.29 is 4.79 Å². The molecule has 0 unspecified atom stereocenters. The largest absolute Gasteiger partial charge is 0.326 e. The van der Waals surface area contributed by atoms with Gasteiger partial charge in [-0.25, -0.2) is 4.98 Å². The maximum Gasteiger partial charge on any atom is 0.190 e. The first-order valence-electron chi connectivity index (χ1n) is 3.17. The van der Waals surface area contributed by atoms with Crippen LogP contribution in [-0.2, 0) is 0 Å². The molecular weight excluding hydrogens is 176 g/mol. The number of carbonyl (C=O) groups is 1. The Labute approximate surface area is 71.5 Å². The Hall–Kier alpha value is -1.56. The molecule has 12 heavy (non-hydrogen) atoms. The number of thiazole rings is 1. The minimum atomic E-state index is 0.585. The highest BCUT2D eigenvalue weighted by Crippen LogP contribution is 2.19. The van der Waals surface area contributed by atoms with E-state index in [1.54, 1.807) is 0 Å². The maximum atomic E-state index is 10.3. The molecule has 5 nitrogen and oxygen atoms in total. The van der Waals surface area contributed by atoms with Crippen LogP contribution in [0.5, 0.6) is 0 Å². The summed E-state index contributed by atoms with van der Waals surface area (Å²) >= 11 is 1.28. The van der Waals surface area contributed by atoms with Crippen LogP contribution in [0.4, 0.5) is 0 Å². The summed E-state index contributed by atoms with van der Waals surface area (Å²) in [6.45, 7) is 0. The van der Waals surface area contributed by atoms with Gasteiger partial charge in [-0.1, -0.05) is 0 Å². The number of nitrogens with one attached hydrogen (secondary N) is 1. The lowest BCUT2D eigenvalue weighted by Gasteiger charge is -1.82. The van der Waals surface area contributed by atoms with Crippen molar-refractivity contribution >= 4 is 17.6 Å². The van der Waals surface area contributed by atoms with Crippen molar-refractivity contribution in [3.8, 4) is 10.8 Å². The van der Waals surface area contributed by atoms with Gasteiger partial charge in [-0.05, 0) is 0 Å². The van der Waals surface area contributed by atoms with Crippen LogP contribution in [0.15, 0.2) is 12.5 Å². The highest BCUT2D eigenvalue weighted by molar-refractivity contribution is 7.16. The number of hydrogen-bond donors (Lipinski definition) is 1. The summed E-state index contributed by atoms with van der Waals surface area (Å²) in [6, 6.07) is 0. The van der Waals surface area contributed by atoms with E-state index in [0.717, 1.165) is 6.29 Å². The van der Waals surface area contributed by atoms with Gasteiger partial charge in [-0.3, -0.25) is 4.79 Å². The predicted octanol–water partition coefficient (Wildman–Crippen LogP) is 0.741. The Morgan fingerprint density at radius 3 is 3.08 bits per heavy atom. The fourth-order valence-corrected chi connectivity index (χ4v) is 1.44. The second kappa shape index (κ2) is 2.82.